The fraction of sp³-hybridized carbons (Fsp3) is 0.312. The minimum Gasteiger partial charge on any atom is -0.394 e. The van der Waals surface area contributed by atoms with Crippen molar-refractivity contribution in [1.82, 2.24) is 14.9 Å². The van der Waals surface area contributed by atoms with Gasteiger partial charge in [-0.25, -0.2) is 14.8 Å². The summed E-state index contributed by atoms with van der Waals surface area (Å²) in [7, 11) is 0. The molecule has 2 aromatic rings. The molecule has 2 N–H and O–H groups in total. The van der Waals surface area contributed by atoms with E-state index >= 15 is 0 Å². The number of hydrogen-bond donors (Lipinski definition) is 2. The molecule has 6 nitrogen and oxygen atoms in total. The highest BCUT2D eigenvalue weighted by molar-refractivity contribution is 5.89. The van der Waals surface area contributed by atoms with Gasteiger partial charge in [0.05, 0.1) is 30.7 Å². The number of amides is 2. The van der Waals surface area contributed by atoms with E-state index in [1.54, 1.807) is 17.3 Å². The van der Waals surface area contributed by atoms with Gasteiger partial charge in [0.15, 0.2) is 5.82 Å². The largest absolute Gasteiger partial charge is 0.394 e. The van der Waals surface area contributed by atoms with Crippen molar-refractivity contribution in [3.8, 4) is 11.4 Å². The molecule has 1 aromatic carbocycles. The summed E-state index contributed by atoms with van der Waals surface area (Å²) in [5, 5.41) is 12.0. The number of carbonyl (C=O) groups is 1. The van der Waals surface area contributed by atoms with Crippen molar-refractivity contribution in [1.29, 1.82) is 0 Å². The van der Waals surface area contributed by atoms with E-state index in [0.29, 0.717) is 18.1 Å². The Kier molecular flexibility index (Phi) is 4.29. The molecule has 3 rings (SSSR count). The highest BCUT2D eigenvalue weighted by atomic mass is 16.3. The molecule has 1 aromatic heterocycles. The zero-order chi connectivity index (χ0) is 15.4. The van der Waals surface area contributed by atoms with E-state index in [0.717, 1.165) is 18.4 Å². The van der Waals surface area contributed by atoms with Crippen LogP contribution in [0.4, 0.5) is 10.5 Å². The van der Waals surface area contributed by atoms with E-state index in [1.165, 1.54) is 0 Å². The number of nitrogens with zero attached hydrogens (tertiary/aromatic N) is 3. The predicted octanol–water partition coefficient (Wildman–Crippen LogP) is 2.13. The first-order valence-corrected chi connectivity index (χ1v) is 7.34. The molecule has 2 heterocycles. The fourth-order valence-corrected chi connectivity index (χ4v) is 2.62. The number of aliphatic hydroxyl groups is 1. The number of anilines is 1. The summed E-state index contributed by atoms with van der Waals surface area (Å²) >= 11 is 0. The summed E-state index contributed by atoms with van der Waals surface area (Å²) in [5.41, 5.74) is 1.48. The van der Waals surface area contributed by atoms with Crippen molar-refractivity contribution in [2.24, 2.45) is 0 Å². The van der Waals surface area contributed by atoms with Gasteiger partial charge in [-0.15, -0.1) is 0 Å². The Morgan fingerprint density at radius 2 is 2.00 bits per heavy atom. The summed E-state index contributed by atoms with van der Waals surface area (Å²) in [6, 6.07) is 9.35. The Morgan fingerprint density at radius 1 is 1.27 bits per heavy atom. The number of carbonyl (C=O) groups excluding carboxylic acids is 1. The third-order valence-electron chi connectivity index (χ3n) is 3.78. The Balaban J connectivity index is 1.67. The minimum atomic E-state index is -0.215. The molecule has 1 atom stereocenters. The van der Waals surface area contributed by atoms with Crippen LogP contribution in [-0.4, -0.2) is 45.2 Å². The molecule has 22 heavy (non-hydrogen) atoms. The number of aromatic nitrogens is 2. The second kappa shape index (κ2) is 6.53. The molecular weight excluding hydrogens is 280 g/mol. The van der Waals surface area contributed by atoms with Gasteiger partial charge in [-0.05, 0) is 12.8 Å². The van der Waals surface area contributed by atoms with Crippen LogP contribution in [0.1, 0.15) is 12.8 Å². The SMILES string of the molecule is O=C(Nc1cnc(-c2ccccc2)nc1)N1CCC[C@H]1CO. The molecule has 6 heteroatoms. The van der Waals surface area contributed by atoms with E-state index in [-0.39, 0.29) is 18.7 Å². The first-order valence-electron chi connectivity index (χ1n) is 7.34. The van der Waals surface area contributed by atoms with E-state index < -0.39 is 0 Å². The number of likely N-dealkylation sites (tertiary alicyclic amines) is 1. The second-order valence-electron chi connectivity index (χ2n) is 5.26. The molecule has 1 aliphatic heterocycles. The maximum atomic E-state index is 12.2. The smallest absolute Gasteiger partial charge is 0.322 e. The monoisotopic (exact) mass is 298 g/mol. The number of hydrogen-bond acceptors (Lipinski definition) is 4. The number of rotatable bonds is 3. The van der Waals surface area contributed by atoms with Crippen LogP contribution >= 0.6 is 0 Å². The first-order chi connectivity index (χ1) is 10.8. The normalized spacial score (nSPS) is 17.5. The number of benzene rings is 1. The van der Waals surface area contributed by atoms with Crippen LogP contribution in [0.3, 0.4) is 0 Å². The van der Waals surface area contributed by atoms with E-state index in [1.807, 2.05) is 30.3 Å². The van der Waals surface area contributed by atoms with Crippen LogP contribution in [0.25, 0.3) is 11.4 Å². The van der Waals surface area contributed by atoms with Gasteiger partial charge in [-0.2, -0.15) is 0 Å². The molecule has 2 amide bonds. The van der Waals surface area contributed by atoms with Gasteiger partial charge in [0.1, 0.15) is 0 Å². The molecule has 0 bridgehead atoms. The van der Waals surface area contributed by atoms with E-state index in [9.17, 15) is 9.90 Å². The molecular formula is C16H18N4O2. The van der Waals surface area contributed by atoms with Crippen LogP contribution in [0, 0.1) is 0 Å². The Labute approximate surface area is 128 Å². The molecule has 0 spiro atoms. The summed E-state index contributed by atoms with van der Waals surface area (Å²) < 4.78 is 0. The Hall–Kier alpha value is -2.47. The minimum absolute atomic E-state index is 0.00311. The number of urea groups is 1. The van der Waals surface area contributed by atoms with Crippen molar-refractivity contribution >= 4 is 11.7 Å². The molecule has 0 radical (unpaired) electrons. The third-order valence-corrected chi connectivity index (χ3v) is 3.78. The van der Waals surface area contributed by atoms with Gasteiger partial charge in [0.25, 0.3) is 0 Å². The van der Waals surface area contributed by atoms with Crippen molar-refractivity contribution < 1.29 is 9.90 Å². The van der Waals surface area contributed by atoms with E-state index in [2.05, 4.69) is 15.3 Å². The van der Waals surface area contributed by atoms with Gasteiger partial charge in [-0.3, -0.25) is 0 Å². The zero-order valence-corrected chi connectivity index (χ0v) is 12.1. The highest BCUT2D eigenvalue weighted by Crippen LogP contribution is 2.19. The summed E-state index contributed by atoms with van der Waals surface area (Å²) in [6.07, 6.45) is 4.95. The van der Waals surface area contributed by atoms with Gasteiger partial charge in [0, 0.05) is 12.1 Å². The average Bonchev–Trinajstić information content (AvgIpc) is 3.05. The second-order valence-corrected chi connectivity index (χ2v) is 5.26. The predicted molar refractivity (Wildman–Crippen MR) is 83.3 cm³/mol. The highest BCUT2D eigenvalue weighted by Gasteiger charge is 2.28. The van der Waals surface area contributed by atoms with Crippen molar-refractivity contribution in [2.75, 3.05) is 18.5 Å². The fourth-order valence-electron chi connectivity index (χ4n) is 2.62. The maximum Gasteiger partial charge on any atom is 0.322 e. The third kappa shape index (κ3) is 3.07. The quantitative estimate of drug-likeness (QED) is 0.910. The van der Waals surface area contributed by atoms with Crippen LogP contribution < -0.4 is 5.32 Å². The molecule has 1 fully saturated rings. The Morgan fingerprint density at radius 3 is 2.68 bits per heavy atom. The van der Waals surface area contributed by atoms with Gasteiger partial charge in [-0.1, -0.05) is 30.3 Å². The summed E-state index contributed by atoms with van der Waals surface area (Å²) in [4.78, 5) is 22.4. The maximum absolute atomic E-state index is 12.2. The van der Waals surface area contributed by atoms with Gasteiger partial charge >= 0.3 is 6.03 Å². The van der Waals surface area contributed by atoms with Crippen molar-refractivity contribution in [3.63, 3.8) is 0 Å². The average molecular weight is 298 g/mol. The zero-order valence-electron chi connectivity index (χ0n) is 12.1. The first kappa shape index (κ1) is 14.5. The lowest BCUT2D eigenvalue weighted by Crippen LogP contribution is -2.40. The molecule has 114 valence electrons. The molecule has 1 aliphatic rings. The van der Waals surface area contributed by atoms with E-state index in [4.69, 9.17) is 0 Å². The lowest BCUT2D eigenvalue weighted by atomic mass is 10.2. The van der Waals surface area contributed by atoms with Gasteiger partial charge in [0.2, 0.25) is 0 Å². The molecule has 0 aliphatic carbocycles. The summed E-state index contributed by atoms with van der Waals surface area (Å²) in [5.74, 6) is 0.619. The topological polar surface area (TPSA) is 78.4 Å². The molecule has 0 unspecified atom stereocenters. The van der Waals surface area contributed by atoms with Gasteiger partial charge < -0.3 is 15.3 Å². The van der Waals surface area contributed by atoms with Crippen LogP contribution in [-0.2, 0) is 0 Å². The van der Waals surface area contributed by atoms with Crippen LogP contribution in [0.5, 0.6) is 0 Å². The standard InChI is InChI=1S/C16H18N4O2/c21-11-14-7-4-8-20(14)16(22)19-13-9-17-15(18-10-13)12-5-2-1-3-6-12/h1-3,5-6,9-10,14,21H,4,7-8,11H2,(H,19,22)/t14-/m0/s1. The lowest BCUT2D eigenvalue weighted by molar-refractivity contribution is 0.166. The molecule has 0 saturated carbocycles. The van der Waals surface area contributed by atoms with Crippen molar-refractivity contribution in [3.05, 3.63) is 42.7 Å². The van der Waals surface area contributed by atoms with Crippen LogP contribution in [0.2, 0.25) is 0 Å². The van der Waals surface area contributed by atoms with Crippen LogP contribution in [0.15, 0.2) is 42.7 Å². The summed E-state index contributed by atoms with van der Waals surface area (Å²) in [6.45, 7) is 0.664. The number of aliphatic hydroxyl groups excluding tert-OH is 1. The lowest BCUT2D eigenvalue weighted by Gasteiger charge is -2.23. The number of nitrogens with one attached hydrogen (secondary N) is 1. The Bertz CT molecular complexity index is 630. The van der Waals surface area contributed by atoms with Crippen molar-refractivity contribution in [2.45, 2.75) is 18.9 Å². The molecule has 1 saturated heterocycles.